The van der Waals surface area contributed by atoms with E-state index in [1.54, 1.807) is 7.05 Å². The molecule has 1 atom stereocenters. The van der Waals surface area contributed by atoms with Gasteiger partial charge in [-0.2, -0.15) is 4.31 Å². The van der Waals surface area contributed by atoms with E-state index in [1.807, 2.05) is 35.2 Å². The average molecular weight is 446 g/mol. The summed E-state index contributed by atoms with van der Waals surface area (Å²) in [7, 11) is -0.933. The van der Waals surface area contributed by atoms with E-state index in [9.17, 15) is 17.6 Å². The van der Waals surface area contributed by atoms with Crippen LogP contribution in [0, 0.1) is 11.7 Å². The molecular formula is C23H28FN3O3S. The summed E-state index contributed by atoms with van der Waals surface area (Å²) in [4.78, 5) is 14.0. The van der Waals surface area contributed by atoms with Crippen molar-refractivity contribution in [2.45, 2.75) is 43.0 Å². The van der Waals surface area contributed by atoms with Crippen molar-refractivity contribution in [3.05, 3.63) is 53.8 Å². The molecule has 6 nitrogen and oxygen atoms in total. The molecule has 0 bridgehead atoms. The number of nitrogens with one attached hydrogen (secondary N) is 1. The lowest BCUT2D eigenvalue weighted by atomic mass is 9.83. The molecule has 4 rings (SSSR count). The molecule has 0 aromatic heterocycles. The van der Waals surface area contributed by atoms with Gasteiger partial charge in [-0.05, 0) is 43.0 Å². The molecule has 1 saturated carbocycles. The van der Waals surface area contributed by atoms with Gasteiger partial charge >= 0.3 is 0 Å². The maximum atomic E-state index is 14.9. The maximum Gasteiger partial charge on any atom is 0.254 e. The molecule has 0 saturated heterocycles. The first-order chi connectivity index (χ1) is 14.8. The van der Waals surface area contributed by atoms with Gasteiger partial charge in [0.1, 0.15) is 10.7 Å². The first kappa shape index (κ1) is 21.8. The van der Waals surface area contributed by atoms with Gasteiger partial charge in [-0.15, -0.1) is 0 Å². The number of hydrogen-bond donors (Lipinski definition) is 1. The third-order valence-corrected chi connectivity index (χ3v) is 8.48. The lowest BCUT2D eigenvalue weighted by Crippen LogP contribution is -2.46. The molecule has 1 fully saturated rings. The minimum Gasteiger partial charge on any atom is -0.355 e. The van der Waals surface area contributed by atoms with Gasteiger partial charge in [-0.25, -0.2) is 12.8 Å². The number of fused-ring (bicyclic) bond motifs is 1. The number of para-hydroxylation sites is 1. The number of carbonyl (C=O) groups is 1. The van der Waals surface area contributed by atoms with Gasteiger partial charge in [-0.1, -0.05) is 37.5 Å². The fourth-order valence-electron chi connectivity index (χ4n) is 4.82. The second-order valence-electron chi connectivity index (χ2n) is 8.31. The number of sulfonamides is 1. The van der Waals surface area contributed by atoms with Crippen LogP contribution in [0.25, 0.3) is 0 Å². The van der Waals surface area contributed by atoms with E-state index in [0.29, 0.717) is 6.54 Å². The Balaban J connectivity index is 1.92. The molecule has 0 radical (unpaired) electrons. The Morgan fingerprint density at radius 1 is 1.10 bits per heavy atom. The predicted octanol–water partition coefficient (Wildman–Crippen LogP) is 3.91. The van der Waals surface area contributed by atoms with Crippen LogP contribution < -0.4 is 10.2 Å². The SMILES string of the molecule is CNC(=O)c1cc2c(cc1F)N(c1ccccc1)C[C@@H](C1CCCCC1)N(C)S2(=O)=O. The number of nitrogens with zero attached hydrogens (tertiary/aromatic N) is 2. The predicted molar refractivity (Wildman–Crippen MR) is 119 cm³/mol. The Morgan fingerprint density at radius 3 is 2.42 bits per heavy atom. The largest absolute Gasteiger partial charge is 0.355 e. The quantitative estimate of drug-likeness (QED) is 0.778. The zero-order valence-corrected chi connectivity index (χ0v) is 18.7. The maximum absolute atomic E-state index is 14.9. The number of rotatable bonds is 3. The van der Waals surface area contributed by atoms with E-state index in [2.05, 4.69) is 5.32 Å². The number of hydrogen-bond acceptors (Lipinski definition) is 4. The van der Waals surface area contributed by atoms with Crippen LogP contribution in [0.4, 0.5) is 15.8 Å². The van der Waals surface area contributed by atoms with Crippen molar-refractivity contribution in [3.63, 3.8) is 0 Å². The molecule has 2 aromatic rings. The molecule has 1 aliphatic heterocycles. The first-order valence-corrected chi connectivity index (χ1v) is 12.1. The lowest BCUT2D eigenvalue weighted by molar-refractivity contribution is 0.0959. The summed E-state index contributed by atoms with van der Waals surface area (Å²) < 4.78 is 43.7. The Hall–Kier alpha value is -2.45. The van der Waals surface area contributed by atoms with Crippen LogP contribution in [0.15, 0.2) is 47.4 Å². The smallest absolute Gasteiger partial charge is 0.254 e. The Labute approximate surface area is 183 Å². The highest BCUT2D eigenvalue weighted by Gasteiger charge is 2.41. The highest BCUT2D eigenvalue weighted by molar-refractivity contribution is 7.89. The average Bonchev–Trinajstić information content (AvgIpc) is 2.87. The molecule has 2 aromatic carbocycles. The number of anilines is 2. The van der Waals surface area contributed by atoms with Crippen LogP contribution in [0.2, 0.25) is 0 Å². The van der Waals surface area contributed by atoms with E-state index in [-0.39, 0.29) is 28.1 Å². The third kappa shape index (κ3) is 3.94. The number of likely N-dealkylation sites (N-methyl/N-ethyl adjacent to an activating group) is 1. The summed E-state index contributed by atoms with van der Waals surface area (Å²) in [5.74, 6) is -1.16. The van der Waals surface area contributed by atoms with Crippen molar-refractivity contribution in [3.8, 4) is 0 Å². The molecule has 31 heavy (non-hydrogen) atoms. The van der Waals surface area contributed by atoms with Crippen molar-refractivity contribution in [2.75, 3.05) is 25.5 Å². The monoisotopic (exact) mass is 445 g/mol. The van der Waals surface area contributed by atoms with Gasteiger partial charge in [0.15, 0.2) is 0 Å². The van der Waals surface area contributed by atoms with Crippen molar-refractivity contribution in [2.24, 2.45) is 5.92 Å². The van der Waals surface area contributed by atoms with E-state index < -0.39 is 21.7 Å². The summed E-state index contributed by atoms with van der Waals surface area (Å²) in [5.41, 5.74) is 0.783. The van der Waals surface area contributed by atoms with E-state index in [4.69, 9.17) is 0 Å². The summed E-state index contributed by atoms with van der Waals surface area (Å²) in [5, 5.41) is 2.39. The van der Waals surface area contributed by atoms with Crippen molar-refractivity contribution >= 4 is 27.3 Å². The second kappa shape index (κ2) is 8.59. The van der Waals surface area contributed by atoms with Crippen LogP contribution in [0.5, 0.6) is 0 Å². The Kier molecular flexibility index (Phi) is 6.03. The van der Waals surface area contributed by atoms with Gasteiger partial charge in [0.05, 0.1) is 11.3 Å². The zero-order valence-electron chi connectivity index (χ0n) is 17.8. The summed E-state index contributed by atoms with van der Waals surface area (Å²) in [6.45, 7) is 0.427. The molecule has 0 spiro atoms. The summed E-state index contributed by atoms with van der Waals surface area (Å²) >= 11 is 0. The highest BCUT2D eigenvalue weighted by Crippen LogP contribution is 2.41. The van der Waals surface area contributed by atoms with E-state index >= 15 is 0 Å². The normalized spacial score (nSPS) is 21.9. The second-order valence-corrected chi connectivity index (χ2v) is 10.3. The van der Waals surface area contributed by atoms with Crippen LogP contribution in [0.1, 0.15) is 42.5 Å². The Morgan fingerprint density at radius 2 is 1.77 bits per heavy atom. The molecular weight excluding hydrogens is 417 g/mol. The first-order valence-electron chi connectivity index (χ1n) is 10.7. The summed E-state index contributed by atoms with van der Waals surface area (Å²) in [6, 6.07) is 11.5. The van der Waals surface area contributed by atoms with Crippen LogP contribution in [-0.4, -0.2) is 45.3 Å². The minimum absolute atomic E-state index is 0.0443. The zero-order chi connectivity index (χ0) is 22.2. The minimum atomic E-state index is -3.93. The van der Waals surface area contributed by atoms with Crippen LogP contribution in [0.3, 0.4) is 0 Å². The molecule has 166 valence electrons. The van der Waals surface area contributed by atoms with Gasteiger partial charge < -0.3 is 10.2 Å². The standard InChI is InChI=1S/C23H28FN3O3S/c1-25-23(28)18-13-22-20(14-19(18)24)27(17-11-7-4-8-12-17)15-21(26(2)31(22,29)30)16-9-5-3-6-10-16/h4,7-8,11-14,16,21H,3,5-6,9-10,15H2,1-2H3,(H,25,28)/t21-/m0/s1. The molecule has 2 aliphatic rings. The van der Waals surface area contributed by atoms with Crippen LogP contribution >= 0.6 is 0 Å². The number of benzene rings is 2. The topological polar surface area (TPSA) is 69.7 Å². The number of halogens is 1. The molecule has 8 heteroatoms. The molecule has 1 aliphatic carbocycles. The number of amides is 1. The highest BCUT2D eigenvalue weighted by atomic mass is 32.2. The van der Waals surface area contributed by atoms with Gasteiger partial charge in [0, 0.05) is 32.4 Å². The fraction of sp³-hybridized carbons (Fsp3) is 0.435. The molecule has 1 heterocycles. The van der Waals surface area contributed by atoms with Gasteiger partial charge in [0.2, 0.25) is 10.0 Å². The molecule has 0 unspecified atom stereocenters. The third-order valence-electron chi connectivity index (χ3n) is 6.57. The van der Waals surface area contributed by atoms with E-state index in [0.717, 1.165) is 31.4 Å². The lowest BCUT2D eigenvalue weighted by Gasteiger charge is -2.36. The van der Waals surface area contributed by atoms with Crippen molar-refractivity contribution in [1.82, 2.24) is 9.62 Å². The number of carbonyl (C=O) groups excluding carboxylic acids is 1. The summed E-state index contributed by atoms with van der Waals surface area (Å²) in [6.07, 6.45) is 5.29. The van der Waals surface area contributed by atoms with Gasteiger partial charge in [0.25, 0.3) is 5.91 Å². The van der Waals surface area contributed by atoms with Crippen LogP contribution in [-0.2, 0) is 10.0 Å². The van der Waals surface area contributed by atoms with E-state index in [1.165, 1.54) is 29.9 Å². The van der Waals surface area contributed by atoms with Crippen molar-refractivity contribution in [1.29, 1.82) is 0 Å². The molecule has 1 amide bonds. The van der Waals surface area contributed by atoms with Crippen molar-refractivity contribution < 1.29 is 17.6 Å². The van der Waals surface area contributed by atoms with Gasteiger partial charge in [-0.3, -0.25) is 4.79 Å². The Bertz CT molecular complexity index is 1070. The molecule has 1 N–H and O–H groups in total. The fourth-order valence-corrected chi connectivity index (χ4v) is 6.43.